The molecule has 1 aromatic carbocycles. The molecule has 1 aliphatic heterocycles. The Morgan fingerprint density at radius 3 is 2.81 bits per heavy atom. The van der Waals surface area contributed by atoms with E-state index in [1.165, 1.54) is 0 Å². The number of amides is 2. The zero-order valence-electron chi connectivity index (χ0n) is 15.2. The molecule has 8 nitrogen and oxygen atoms in total. The number of piperazine rings is 1. The SMILES string of the molecule is COc1cccc(CCNC(=O)N2CCN(CCn3cncn3)CC2)c1. The van der Waals surface area contributed by atoms with Gasteiger partial charge in [-0.05, 0) is 24.1 Å². The third kappa shape index (κ3) is 5.19. The Balaban J connectivity index is 1.34. The molecule has 3 rings (SSSR count). The standard InChI is InChI=1S/C18H26N6O2/c1-26-17-4-2-3-16(13-17)5-6-20-18(25)23-10-7-22(8-11-23)9-12-24-15-19-14-21-24/h2-4,13-15H,5-12H2,1H3,(H,20,25). The van der Waals surface area contributed by atoms with Gasteiger partial charge in [0.15, 0.2) is 0 Å². The Morgan fingerprint density at radius 2 is 2.08 bits per heavy atom. The molecule has 140 valence electrons. The van der Waals surface area contributed by atoms with Crippen molar-refractivity contribution in [1.29, 1.82) is 0 Å². The molecule has 0 unspecified atom stereocenters. The fourth-order valence-electron chi connectivity index (χ4n) is 3.02. The third-order valence-electron chi connectivity index (χ3n) is 4.60. The monoisotopic (exact) mass is 358 g/mol. The number of urea groups is 1. The summed E-state index contributed by atoms with van der Waals surface area (Å²) in [6.45, 7) is 5.65. The molecule has 1 fully saturated rings. The van der Waals surface area contributed by atoms with Crippen LogP contribution in [0.5, 0.6) is 5.75 Å². The summed E-state index contributed by atoms with van der Waals surface area (Å²) in [4.78, 5) is 20.5. The predicted molar refractivity (Wildman–Crippen MR) is 98.1 cm³/mol. The number of aromatic nitrogens is 3. The van der Waals surface area contributed by atoms with Gasteiger partial charge in [-0.15, -0.1) is 0 Å². The van der Waals surface area contributed by atoms with Crippen LogP contribution in [0.3, 0.4) is 0 Å². The molecular formula is C18H26N6O2. The van der Waals surface area contributed by atoms with E-state index in [1.54, 1.807) is 19.8 Å². The molecule has 0 radical (unpaired) electrons. The van der Waals surface area contributed by atoms with Crippen molar-refractivity contribution in [2.24, 2.45) is 0 Å². The van der Waals surface area contributed by atoms with Crippen LogP contribution in [0.2, 0.25) is 0 Å². The van der Waals surface area contributed by atoms with E-state index in [2.05, 4.69) is 20.3 Å². The van der Waals surface area contributed by atoms with Crippen molar-refractivity contribution < 1.29 is 9.53 Å². The van der Waals surface area contributed by atoms with Gasteiger partial charge in [0.25, 0.3) is 0 Å². The summed E-state index contributed by atoms with van der Waals surface area (Å²) in [7, 11) is 1.66. The second-order valence-corrected chi connectivity index (χ2v) is 6.32. The minimum absolute atomic E-state index is 0.0174. The van der Waals surface area contributed by atoms with Gasteiger partial charge in [-0.1, -0.05) is 12.1 Å². The van der Waals surface area contributed by atoms with Crippen molar-refractivity contribution in [3.63, 3.8) is 0 Å². The minimum atomic E-state index is 0.0174. The first-order valence-electron chi connectivity index (χ1n) is 8.95. The first kappa shape index (κ1) is 18.2. The zero-order chi connectivity index (χ0) is 18.2. The number of rotatable bonds is 7. The van der Waals surface area contributed by atoms with Crippen molar-refractivity contribution in [3.8, 4) is 5.75 Å². The summed E-state index contributed by atoms with van der Waals surface area (Å²) in [6, 6.07) is 7.95. The topological polar surface area (TPSA) is 75.5 Å². The van der Waals surface area contributed by atoms with Crippen LogP contribution >= 0.6 is 0 Å². The lowest BCUT2D eigenvalue weighted by molar-refractivity contribution is 0.136. The highest BCUT2D eigenvalue weighted by atomic mass is 16.5. The number of nitrogens with one attached hydrogen (secondary N) is 1. The van der Waals surface area contributed by atoms with Crippen LogP contribution in [0.1, 0.15) is 5.56 Å². The average Bonchev–Trinajstić information content (AvgIpc) is 3.20. The highest BCUT2D eigenvalue weighted by molar-refractivity contribution is 5.74. The molecule has 2 amide bonds. The van der Waals surface area contributed by atoms with Gasteiger partial charge in [-0.2, -0.15) is 5.10 Å². The smallest absolute Gasteiger partial charge is 0.317 e. The fraction of sp³-hybridized carbons (Fsp3) is 0.500. The lowest BCUT2D eigenvalue weighted by Crippen LogP contribution is -2.52. The first-order chi connectivity index (χ1) is 12.7. The summed E-state index contributed by atoms with van der Waals surface area (Å²) in [6.07, 6.45) is 4.07. The molecule has 0 spiro atoms. The summed E-state index contributed by atoms with van der Waals surface area (Å²) in [5.41, 5.74) is 1.16. The van der Waals surface area contributed by atoms with E-state index in [9.17, 15) is 4.79 Å². The molecular weight excluding hydrogens is 332 g/mol. The Kier molecular flexibility index (Phi) is 6.43. The van der Waals surface area contributed by atoms with Crippen molar-refractivity contribution in [2.45, 2.75) is 13.0 Å². The van der Waals surface area contributed by atoms with Crippen LogP contribution in [0.4, 0.5) is 4.79 Å². The van der Waals surface area contributed by atoms with Gasteiger partial charge < -0.3 is 15.0 Å². The van der Waals surface area contributed by atoms with Crippen molar-refractivity contribution in [2.75, 3.05) is 46.4 Å². The predicted octanol–water partition coefficient (Wildman–Crippen LogP) is 0.857. The van der Waals surface area contributed by atoms with Crippen molar-refractivity contribution >= 4 is 6.03 Å². The molecule has 0 aliphatic carbocycles. The number of ether oxygens (including phenoxy) is 1. The molecule has 0 bridgehead atoms. The van der Waals surface area contributed by atoms with Crippen LogP contribution in [-0.4, -0.2) is 77.0 Å². The normalized spacial score (nSPS) is 15.0. The van der Waals surface area contributed by atoms with Gasteiger partial charge in [0.2, 0.25) is 0 Å². The highest BCUT2D eigenvalue weighted by Gasteiger charge is 2.20. The van der Waals surface area contributed by atoms with E-state index < -0.39 is 0 Å². The Labute approximate surface area is 153 Å². The molecule has 0 atom stereocenters. The quantitative estimate of drug-likeness (QED) is 0.794. The van der Waals surface area contributed by atoms with E-state index in [-0.39, 0.29) is 6.03 Å². The first-order valence-corrected chi connectivity index (χ1v) is 8.95. The summed E-state index contributed by atoms with van der Waals surface area (Å²) >= 11 is 0. The molecule has 1 aliphatic rings. The molecule has 2 aromatic rings. The number of methoxy groups -OCH3 is 1. The molecule has 1 saturated heterocycles. The van der Waals surface area contributed by atoms with E-state index in [1.807, 2.05) is 33.8 Å². The average molecular weight is 358 g/mol. The van der Waals surface area contributed by atoms with Crippen LogP contribution in [0.25, 0.3) is 0 Å². The second kappa shape index (κ2) is 9.19. The van der Waals surface area contributed by atoms with Crippen molar-refractivity contribution in [3.05, 3.63) is 42.5 Å². The van der Waals surface area contributed by atoms with E-state index in [4.69, 9.17) is 4.74 Å². The van der Waals surface area contributed by atoms with Gasteiger partial charge in [0, 0.05) is 39.3 Å². The molecule has 8 heteroatoms. The molecule has 2 heterocycles. The van der Waals surface area contributed by atoms with Gasteiger partial charge >= 0.3 is 6.03 Å². The zero-order valence-corrected chi connectivity index (χ0v) is 15.2. The maximum Gasteiger partial charge on any atom is 0.317 e. The van der Waals surface area contributed by atoms with Crippen molar-refractivity contribution in [1.82, 2.24) is 29.9 Å². The maximum atomic E-state index is 12.3. The Morgan fingerprint density at radius 1 is 1.23 bits per heavy atom. The van der Waals surface area contributed by atoms with E-state index in [0.717, 1.165) is 57.0 Å². The van der Waals surface area contributed by atoms with Crippen LogP contribution in [0.15, 0.2) is 36.9 Å². The Bertz CT molecular complexity index is 683. The van der Waals surface area contributed by atoms with Crippen LogP contribution in [0, 0.1) is 0 Å². The second-order valence-electron chi connectivity index (χ2n) is 6.32. The largest absolute Gasteiger partial charge is 0.497 e. The fourth-order valence-corrected chi connectivity index (χ4v) is 3.02. The number of hydrogen-bond acceptors (Lipinski definition) is 5. The summed E-state index contributed by atoms with van der Waals surface area (Å²) in [5.74, 6) is 0.843. The molecule has 26 heavy (non-hydrogen) atoms. The minimum Gasteiger partial charge on any atom is -0.497 e. The number of carbonyl (C=O) groups is 1. The highest BCUT2D eigenvalue weighted by Crippen LogP contribution is 2.12. The number of hydrogen-bond donors (Lipinski definition) is 1. The summed E-state index contributed by atoms with van der Waals surface area (Å²) < 4.78 is 7.05. The van der Waals surface area contributed by atoms with Crippen LogP contribution in [-0.2, 0) is 13.0 Å². The number of benzene rings is 1. The van der Waals surface area contributed by atoms with E-state index >= 15 is 0 Å². The number of nitrogens with zero attached hydrogens (tertiary/aromatic N) is 5. The molecule has 1 N–H and O–H groups in total. The summed E-state index contributed by atoms with van der Waals surface area (Å²) in [5, 5.41) is 7.12. The van der Waals surface area contributed by atoms with Gasteiger partial charge in [0.05, 0.1) is 13.7 Å². The van der Waals surface area contributed by atoms with E-state index in [0.29, 0.717) is 6.54 Å². The van der Waals surface area contributed by atoms with Gasteiger partial charge in [-0.25, -0.2) is 9.78 Å². The maximum absolute atomic E-state index is 12.3. The van der Waals surface area contributed by atoms with Gasteiger partial charge in [0.1, 0.15) is 18.4 Å². The van der Waals surface area contributed by atoms with Gasteiger partial charge in [-0.3, -0.25) is 9.58 Å². The van der Waals surface area contributed by atoms with Crippen LogP contribution < -0.4 is 10.1 Å². The lowest BCUT2D eigenvalue weighted by atomic mass is 10.1. The Hall–Kier alpha value is -2.61. The molecule has 1 aromatic heterocycles. The molecule has 0 saturated carbocycles. The third-order valence-corrected chi connectivity index (χ3v) is 4.60. The lowest BCUT2D eigenvalue weighted by Gasteiger charge is -2.34. The number of carbonyl (C=O) groups excluding carboxylic acids is 1.